The summed E-state index contributed by atoms with van der Waals surface area (Å²) in [5.74, 6) is 0. The van der Waals surface area contributed by atoms with Crippen LogP contribution >= 0.6 is 23.4 Å². The Kier molecular flexibility index (Phi) is 3.33. The molecule has 0 saturated heterocycles. The van der Waals surface area contributed by atoms with Crippen LogP contribution in [0.2, 0.25) is 0 Å². The number of hydrogen-bond acceptors (Lipinski definition) is 3. The van der Waals surface area contributed by atoms with Gasteiger partial charge < -0.3 is 0 Å². The third kappa shape index (κ3) is 2.18. The van der Waals surface area contributed by atoms with Gasteiger partial charge in [0, 0.05) is 4.90 Å². The Balaban J connectivity index is 2.01. The van der Waals surface area contributed by atoms with Gasteiger partial charge in [0.2, 0.25) is 0 Å². The van der Waals surface area contributed by atoms with Gasteiger partial charge >= 0.3 is 0 Å². The molecule has 0 amide bonds. The SMILES string of the molecule is O=S1(=O)c2ccccc2[C@@H](Cl)[C@@H]1Sc1ccccc1. The predicted octanol–water partition coefficient (Wildman–Crippen LogP) is 3.87. The standard InChI is InChI=1S/C14H11ClO2S2/c15-13-11-8-4-5-9-12(11)19(16,17)14(13)18-10-6-2-1-3-7-10/h1-9,13-14H/t13-,14-/m1/s1. The number of rotatable bonds is 2. The minimum atomic E-state index is -3.36. The van der Waals surface area contributed by atoms with Crippen LogP contribution in [0.15, 0.2) is 64.4 Å². The van der Waals surface area contributed by atoms with Crippen molar-refractivity contribution in [2.45, 2.75) is 19.8 Å². The minimum absolute atomic E-state index is 0.364. The van der Waals surface area contributed by atoms with Crippen LogP contribution in [0.25, 0.3) is 0 Å². The van der Waals surface area contributed by atoms with E-state index in [0.717, 1.165) is 4.90 Å². The summed E-state index contributed by atoms with van der Waals surface area (Å²) in [6.07, 6.45) is 0. The van der Waals surface area contributed by atoms with Gasteiger partial charge in [-0.05, 0) is 23.8 Å². The summed E-state index contributed by atoms with van der Waals surface area (Å²) in [6, 6.07) is 16.4. The molecule has 2 atom stereocenters. The third-order valence-corrected chi connectivity index (χ3v) is 7.81. The van der Waals surface area contributed by atoms with Gasteiger partial charge in [-0.3, -0.25) is 0 Å². The Hall–Kier alpha value is -0.970. The molecule has 0 radical (unpaired) electrons. The number of halogens is 1. The van der Waals surface area contributed by atoms with Crippen LogP contribution in [0.4, 0.5) is 0 Å². The molecule has 2 aromatic rings. The minimum Gasteiger partial charge on any atom is -0.222 e. The van der Waals surface area contributed by atoms with Gasteiger partial charge in [-0.2, -0.15) is 0 Å². The molecule has 0 N–H and O–H groups in total. The summed E-state index contributed by atoms with van der Waals surface area (Å²) in [6.45, 7) is 0. The van der Waals surface area contributed by atoms with Crippen molar-refractivity contribution in [1.29, 1.82) is 0 Å². The van der Waals surface area contributed by atoms with E-state index in [1.54, 1.807) is 18.2 Å². The molecule has 0 spiro atoms. The van der Waals surface area contributed by atoms with E-state index >= 15 is 0 Å². The maximum Gasteiger partial charge on any atom is 0.193 e. The van der Waals surface area contributed by atoms with Crippen molar-refractivity contribution in [3.8, 4) is 0 Å². The highest BCUT2D eigenvalue weighted by atomic mass is 35.5. The van der Waals surface area contributed by atoms with Crippen molar-refractivity contribution in [2.75, 3.05) is 0 Å². The Morgan fingerprint density at radius 3 is 2.26 bits per heavy atom. The van der Waals surface area contributed by atoms with Crippen LogP contribution in [-0.4, -0.2) is 13.0 Å². The number of hydrogen-bond donors (Lipinski definition) is 0. The summed E-state index contributed by atoms with van der Waals surface area (Å²) >= 11 is 7.65. The molecule has 0 bridgehead atoms. The maximum absolute atomic E-state index is 12.5. The summed E-state index contributed by atoms with van der Waals surface area (Å²) in [4.78, 5) is 1.28. The third-order valence-electron chi connectivity index (χ3n) is 3.06. The van der Waals surface area contributed by atoms with Crippen LogP contribution in [0.5, 0.6) is 0 Å². The lowest BCUT2D eigenvalue weighted by Crippen LogP contribution is -2.14. The molecule has 19 heavy (non-hydrogen) atoms. The zero-order valence-corrected chi connectivity index (χ0v) is 12.3. The van der Waals surface area contributed by atoms with E-state index in [9.17, 15) is 8.42 Å². The number of sulfone groups is 1. The Morgan fingerprint density at radius 1 is 0.947 bits per heavy atom. The second-order valence-electron chi connectivity index (χ2n) is 4.28. The number of thioether (sulfide) groups is 1. The Labute approximate surface area is 121 Å². The molecule has 5 heteroatoms. The van der Waals surface area contributed by atoms with Gasteiger partial charge in [-0.15, -0.1) is 23.4 Å². The normalized spacial score (nSPS) is 24.1. The highest BCUT2D eigenvalue weighted by Crippen LogP contribution is 2.49. The van der Waals surface area contributed by atoms with Gasteiger partial charge in [0.25, 0.3) is 0 Å². The molecular formula is C14H11ClO2S2. The highest BCUT2D eigenvalue weighted by molar-refractivity contribution is 8.13. The fourth-order valence-corrected chi connectivity index (χ4v) is 6.47. The molecule has 0 fully saturated rings. The van der Waals surface area contributed by atoms with Gasteiger partial charge in [-0.25, -0.2) is 8.42 Å². The fourth-order valence-electron chi connectivity index (χ4n) is 2.15. The summed E-state index contributed by atoms with van der Waals surface area (Å²) in [7, 11) is -3.36. The van der Waals surface area contributed by atoms with Gasteiger partial charge in [-0.1, -0.05) is 36.4 Å². The molecule has 1 aliphatic heterocycles. The van der Waals surface area contributed by atoms with Crippen LogP contribution in [-0.2, 0) is 9.84 Å². The first-order chi connectivity index (χ1) is 9.10. The lowest BCUT2D eigenvalue weighted by atomic mass is 10.2. The molecule has 0 unspecified atom stereocenters. The molecule has 0 saturated carbocycles. The maximum atomic E-state index is 12.5. The van der Waals surface area contributed by atoms with Crippen molar-refractivity contribution in [3.05, 3.63) is 60.2 Å². The van der Waals surface area contributed by atoms with Gasteiger partial charge in [0.15, 0.2) is 9.84 Å². The van der Waals surface area contributed by atoms with Crippen LogP contribution in [0.3, 0.4) is 0 Å². The van der Waals surface area contributed by atoms with Crippen molar-refractivity contribution >= 4 is 33.2 Å². The quantitative estimate of drug-likeness (QED) is 0.790. The molecule has 98 valence electrons. The molecule has 2 nitrogen and oxygen atoms in total. The average molecular weight is 311 g/mol. The second-order valence-corrected chi connectivity index (χ2v) is 8.31. The number of alkyl halides is 1. The van der Waals surface area contributed by atoms with Crippen LogP contribution in [0.1, 0.15) is 10.9 Å². The van der Waals surface area contributed by atoms with E-state index in [0.29, 0.717) is 10.5 Å². The smallest absolute Gasteiger partial charge is 0.193 e. The van der Waals surface area contributed by atoms with Crippen molar-refractivity contribution in [2.24, 2.45) is 0 Å². The zero-order chi connectivity index (χ0) is 13.5. The highest BCUT2D eigenvalue weighted by Gasteiger charge is 2.44. The van der Waals surface area contributed by atoms with Gasteiger partial charge in [0.1, 0.15) is 4.58 Å². The summed E-state index contributed by atoms with van der Waals surface area (Å²) in [5, 5.41) is -0.508. The largest absolute Gasteiger partial charge is 0.222 e. The number of fused-ring (bicyclic) bond motifs is 1. The van der Waals surface area contributed by atoms with E-state index in [2.05, 4.69) is 0 Å². The molecule has 1 heterocycles. The first kappa shape index (κ1) is 13.0. The van der Waals surface area contributed by atoms with E-state index in [1.165, 1.54) is 11.8 Å². The van der Waals surface area contributed by atoms with Crippen LogP contribution < -0.4 is 0 Å². The predicted molar refractivity (Wildman–Crippen MR) is 78.3 cm³/mol. The summed E-state index contributed by atoms with van der Waals surface area (Å²) < 4.78 is 24.3. The molecule has 3 rings (SSSR count). The molecule has 0 aliphatic carbocycles. The molecule has 1 aliphatic rings. The van der Waals surface area contributed by atoms with Crippen molar-refractivity contribution < 1.29 is 8.42 Å². The van der Waals surface area contributed by atoms with E-state index in [4.69, 9.17) is 11.6 Å². The Morgan fingerprint density at radius 2 is 1.58 bits per heavy atom. The van der Waals surface area contributed by atoms with E-state index < -0.39 is 19.8 Å². The molecule has 2 aromatic carbocycles. The number of benzene rings is 2. The first-order valence-corrected chi connectivity index (χ1v) is 8.65. The second kappa shape index (κ2) is 4.85. The van der Waals surface area contributed by atoms with Crippen molar-refractivity contribution in [1.82, 2.24) is 0 Å². The average Bonchev–Trinajstić information content (AvgIpc) is 2.62. The lowest BCUT2D eigenvalue weighted by molar-refractivity contribution is 0.597. The Bertz CT molecular complexity index is 698. The van der Waals surface area contributed by atoms with Crippen molar-refractivity contribution in [3.63, 3.8) is 0 Å². The molecule has 0 aromatic heterocycles. The first-order valence-electron chi connectivity index (χ1n) is 5.79. The van der Waals surface area contributed by atoms with E-state index in [-0.39, 0.29) is 0 Å². The van der Waals surface area contributed by atoms with Crippen LogP contribution in [0, 0.1) is 0 Å². The lowest BCUT2D eigenvalue weighted by Gasteiger charge is -2.12. The van der Waals surface area contributed by atoms with Gasteiger partial charge in [0.05, 0.1) is 10.3 Å². The van der Waals surface area contributed by atoms with E-state index in [1.807, 2.05) is 36.4 Å². The fraction of sp³-hybridized carbons (Fsp3) is 0.143. The monoisotopic (exact) mass is 310 g/mol. The molecular weight excluding hydrogens is 300 g/mol. The zero-order valence-electron chi connectivity index (χ0n) is 9.86. The summed E-state index contributed by atoms with van der Waals surface area (Å²) in [5.41, 5.74) is 0.706. The topological polar surface area (TPSA) is 34.1 Å².